The zero-order valence-corrected chi connectivity index (χ0v) is 11.8. The molecule has 0 radical (unpaired) electrons. The lowest BCUT2D eigenvalue weighted by molar-refractivity contribution is -0.124. The van der Waals surface area contributed by atoms with Gasteiger partial charge in [-0.3, -0.25) is 4.79 Å². The third-order valence-electron chi connectivity index (χ3n) is 3.48. The van der Waals surface area contributed by atoms with Gasteiger partial charge in [0.2, 0.25) is 5.91 Å². The predicted octanol–water partition coefficient (Wildman–Crippen LogP) is 2.32. The molecule has 3 heteroatoms. The van der Waals surface area contributed by atoms with Gasteiger partial charge in [-0.2, -0.15) is 0 Å². The summed E-state index contributed by atoms with van der Waals surface area (Å²) in [6, 6.07) is 0.0358. The van der Waals surface area contributed by atoms with E-state index in [4.69, 9.17) is 0 Å². The molecule has 1 heterocycles. The molecule has 100 valence electrons. The normalized spacial score (nSPS) is 25.6. The van der Waals surface area contributed by atoms with E-state index in [-0.39, 0.29) is 11.9 Å². The molecule has 0 aromatic heterocycles. The molecule has 0 aromatic carbocycles. The molecule has 1 aliphatic heterocycles. The zero-order chi connectivity index (χ0) is 12.9. The predicted molar refractivity (Wildman–Crippen MR) is 71.9 cm³/mol. The van der Waals surface area contributed by atoms with Crippen LogP contribution < -0.4 is 10.6 Å². The first-order valence-corrected chi connectivity index (χ1v) is 6.93. The number of likely N-dealkylation sites (N-methyl/N-ethyl adjacent to an activating group) is 1. The van der Waals surface area contributed by atoms with Crippen LogP contribution in [0.4, 0.5) is 0 Å². The van der Waals surface area contributed by atoms with Crippen LogP contribution >= 0.6 is 0 Å². The van der Waals surface area contributed by atoms with Gasteiger partial charge < -0.3 is 10.6 Å². The van der Waals surface area contributed by atoms with Crippen molar-refractivity contribution in [2.75, 3.05) is 13.1 Å². The van der Waals surface area contributed by atoms with Crippen molar-refractivity contribution in [3.05, 3.63) is 0 Å². The van der Waals surface area contributed by atoms with E-state index in [2.05, 4.69) is 31.4 Å². The Balaban J connectivity index is 2.36. The molecule has 0 aliphatic carbocycles. The summed E-state index contributed by atoms with van der Waals surface area (Å²) in [4.78, 5) is 11.8. The molecule has 3 nitrogen and oxygen atoms in total. The summed E-state index contributed by atoms with van der Waals surface area (Å²) in [6.45, 7) is 10.5. The Morgan fingerprint density at radius 1 is 1.41 bits per heavy atom. The molecule has 1 saturated heterocycles. The second-order valence-electron chi connectivity index (χ2n) is 6.39. The number of carbonyl (C=O) groups is 1. The van der Waals surface area contributed by atoms with Gasteiger partial charge in [0.25, 0.3) is 0 Å². The van der Waals surface area contributed by atoms with Gasteiger partial charge in [0, 0.05) is 6.54 Å². The van der Waals surface area contributed by atoms with Crippen molar-refractivity contribution in [2.45, 2.75) is 59.4 Å². The highest BCUT2D eigenvalue weighted by Crippen LogP contribution is 2.28. The van der Waals surface area contributed by atoms with Gasteiger partial charge in [-0.15, -0.1) is 0 Å². The second kappa shape index (κ2) is 6.39. The summed E-state index contributed by atoms with van der Waals surface area (Å²) in [5.41, 5.74) is 0.409. The van der Waals surface area contributed by atoms with Gasteiger partial charge in [-0.1, -0.05) is 20.8 Å². The van der Waals surface area contributed by atoms with Crippen LogP contribution in [0.15, 0.2) is 0 Å². The Labute approximate surface area is 106 Å². The maximum Gasteiger partial charge on any atom is 0.237 e. The Kier molecular flexibility index (Phi) is 5.44. The van der Waals surface area contributed by atoms with Gasteiger partial charge in [-0.25, -0.2) is 0 Å². The third-order valence-corrected chi connectivity index (χ3v) is 3.48. The Bertz CT molecular complexity index is 245. The van der Waals surface area contributed by atoms with E-state index < -0.39 is 0 Å². The third kappa shape index (κ3) is 5.53. The minimum atomic E-state index is 0.0358. The summed E-state index contributed by atoms with van der Waals surface area (Å²) in [7, 11) is 0. The quantitative estimate of drug-likeness (QED) is 0.792. The van der Waals surface area contributed by atoms with Gasteiger partial charge in [0.05, 0.1) is 6.04 Å². The van der Waals surface area contributed by atoms with E-state index in [0.29, 0.717) is 11.3 Å². The van der Waals surface area contributed by atoms with Gasteiger partial charge in [0.15, 0.2) is 0 Å². The van der Waals surface area contributed by atoms with Crippen molar-refractivity contribution in [1.29, 1.82) is 0 Å². The molecule has 0 spiro atoms. The average Bonchev–Trinajstić information content (AvgIpc) is 2.26. The minimum Gasteiger partial charge on any atom is -0.355 e. The van der Waals surface area contributed by atoms with Crippen LogP contribution in [0.25, 0.3) is 0 Å². The van der Waals surface area contributed by atoms with Gasteiger partial charge >= 0.3 is 0 Å². The van der Waals surface area contributed by atoms with E-state index in [1.165, 1.54) is 19.3 Å². The first-order chi connectivity index (χ1) is 7.92. The maximum absolute atomic E-state index is 11.8. The van der Waals surface area contributed by atoms with E-state index >= 15 is 0 Å². The fourth-order valence-electron chi connectivity index (χ4n) is 2.39. The highest BCUT2D eigenvalue weighted by atomic mass is 16.2. The van der Waals surface area contributed by atoms with Crippen molar-refractivity contribution in [3.8, 4) is 0 Å². The first kappa shape index (κ1) is 14.5. The Morgan fingerprint density at radius 3 is 2.71 bits per heavy atom. The minimum absolute atomic E-state index is 0.0358. The number of amides is 1. The van der Waals surface area contributed by atoms with Crippen LogP contribution in [0, 0.1) is 11.3 Å². The van der Waals surface area contributed by atoms with Gasteiger partial charge in [-0.05, 0) is 50.5 Å². The molecule has 0 saturated carbocycles. The SMILES string of the molecule is CCNC(=O)C1CC(CCC(C)(C)C)CCN1. The first-order valence-electron chi connectivity index (χ1n) is 6.93. The zero-order valence-electron chi connectivity index (χ0n) is 11.8. The Hall–Kier alpha value is -0.570. The Morgan fingerprint density at radius 2 is 2.12 bits per heavy atom. The summed E-state index contributed by atoms with van der Waals surface area (Å²) in [5.74, 6) is 0.885. The summed E-state index contributed by atoms with van der Waals surface area (Å²) in [6.07, 6.45) is 4.72. The monoisotopic (exact) mass is 240 g/mol. The fourth-order valence-corrected chi connectivity index (χ4v) is 2.39. The number of rotatable bonds is 4. The van der Waals surface area contributed by atoms with Crippen molar-refractivity contribution in [1.82, 2.24) is 10.6 Å². The van der Waals surface area contributed by atoms with Crippen molar-refractivity contribution in [3.63, 3.8) is 0 Å². The van der Waals surface area contributed by atoms with E-state index in [1.54, 1.807) is 0 Å². The molecule has 1 fully saturated rings. The largest absolute Gasteiger partial charge is 0.355 e. The van der Waals surface area contributed by atoms with Crippen LogP contribution in [0.1, 0.15) is 53.4 Å². The lowest BCUT2D eigenvalue weighted by atomic mass is 9.82. The summed E-state index contributed by atoms with van der Waals surface area (Å²) in [5, 5.41) is 6.23. The lowest BCUT2D eigenvalue weighted by Gasteiger charge is -2.31. The molecule has 2 unspecified atom stereocenters. The molecule has 17 heavy (non-hydrogen) atoms. The molecule has 1 amide bonds. The van der Waals surface area contributed by atoms with Crippen LogP contribution in [0.2, 0.25) is 0 Å². The van der Waals surface area contributed by atoms with Crippen LogP contribution in [0.5, 0.6) is 0 Å². The number of carbonyl (C=O) groups excluding carboxylic acids is 1. The van der Waals surface area contributed by atoms with Crippen LogP contribution in [-0.2, 0) is 4.79 Å². The smallest absolute Gasteiger partial charge is 0.237 e. The molecule has 2 atom stereocenters. The molecule has 2 N–H and O–H groups in total. The van der Waals surface area contributed by atoms with E-state index in [1.807, 2.05) is 6.92 Å². The number of hydrogen-bond acceptors (Lipinski definition) is 2. The van der Waals surface area contributed by atoms with E-state index in [0.717, 1.165) is 19.5 Å². The molecule has 0 bridgehead atoms. The molecular weight excluding hydrogens is 212 g/mol. The van der Waals surface area contributed by atoms with Crippen LogP contribution in [-0.4, -0.2) is 25.0 Å². The van der Waals surface area contributed by atoms with Gasteiger partial charge in [0.1, 0.15) is 0 Å². The molecular formula is C14H28N2O. The molecule has 1 aliphatic rings. The maximum atomic E-state index is 11.8. The lowest BCUT2D eigenvalue weighted by Crippen LogP contribution is -2.48. The standard InChI is InChI=1S/C14H28N2O/c1-5-15-13(17)12-10-11(7-9-16-12)6-8-14(2,3)4/h11-12,16H,5-10H2,1-4H3,(H,15,17). The molecule has 0 aromatic rings. The van der Waals surface area contributed by atoms with Crippen molar-refractivity contribution in [2.24, 2.45) is 11.3 Å². The summed E-state index contributed by atoms with van der Waals surface area (Å²) >= 11 is 0. The number of hydrogen-bond donors (Lipinski definition) is 2. The fraction of sp³-hybridized carbons (Fsp3) is 0.929. The average molecular weight is 240 g/mol. The van der Waals surface area contributed by atoms with E-state index in [9.17, 15) is 4.79 Å². The van der Waals surface area contributed by atoms with Crippen molar-refractivity contribution >= 4 is 5.91 Å². The number of piperidine rings is 1. The topological polar surface area (TPSA) is 41.1 Å². The highest BCUT2D eigenvalue weighted by molar-refractivity contribution is 5.81. The van der Waals surface area contributed by atoms with Crippen molar-refractivity contribution < 1.29 is 4.79 Å². The summed E-state index contributed by atoms with van der Waals surface area (Å²) < 4.78 is 0. The molecule has 1 rings (SSSR count). The number of nitrogens with one attached hydrogen (secondary N) is 2. The highest BCUT2D eigenvalue weighted by Gasteiger charge is 2.27. The van der Waals surface area contributed by atoms with Crippen LogP contribution in [0.3, 0.4) is 0 Å². The second-order valence-corrected chi connectivity index (χ2v) is 6.39.